The molecule has 30 heavy (non-hydrogen) atoms. The van der Waals surface area contributed by atoms with Gasteiger partial charge in [0.05, 0.1) is 7.11 Å². The van der Waals surface area contributed by atoms with E-state index in [2.05, 4.69) is 27.5 Å². The molecular formula is C22H23F3N4O. The van der Waals surface area contributed by atoms with E-state index in [0.717, 1.165) is 25.5 Å². The Hall–Kier alpha value is -3.29. The van der Waals surface area contributed by atoms with Crippen molar-refractivity contribution in [2.45, 2.75) is 32.4 Å². The third-order valence-electron chi connectivity index (χ3n) is 4.46. The van der Waals surface area contributed by atoms with E-state index in [1.165, 1.54) is 12.7 Å². The fraction of sp³-hybridized carbons (Fsp3) is 0.273. The van der Waals surface area contributed by atoms with Crippen LogP contribution in [0.4, 0.5) is 36.3 Å². The standard InChI is InChI=1S/C22H23F3N4O/c1-3-4-6-15-9-11-16(12-10-15)28-21-26-14-19(22(23,24)25)20(29-21)27-17-7-5-8-18(13-17)30-2/h5,7-14H,3-4,6H2,1-2H3,(H2,26,27,28,29). The Balaban J connectivity index is 1.85. The summed E-state index contributed by atoms with van der Waals surface area (Å²) in [4.78, 5) is 7.90. The van der Waals surface area contributed by atoms with Gasteiger partial charge in [0, 0.05) is 23.6 Å². The van der Waals surface area contributed by atoms with Crippen LogP contribution in [0, 0.1) is 0 Å². The molecule has 3 rings (SSSR count). The molecule has 0 fully saturated rings. The summed E-state index contributed by atoms with van der Waals surface area (Å²) >= 11 is 0. The van der Waals surface area contributed by atoms with Crippen molar-refractivity contribution in [3.8, 4) is 5.75 Å². The second-order valence-electron chi connectivity index (χ2n) is 6.74. The lowest BCUT2D eigenvalue weighted by atomic mass is 10.1. The molecule has 3 aromatic rings. The topological polar surface area (TPSA) is 59.1 Å². The highest BCUT2D eigenvalue weighted by Gasteiger charge is 2.35. The van der Waals surface area contributed by atoms with Crippen LogP contribution in [-0.2, 0) is 12.6 Å². The van der Waals surface area contributed by atoms with Gasteiger partial charge in [0.2, 0.25) is 5.95 Å². The average molecular weight is 416 g/mol. The molecule has 0 amide bonds. The van der Waals surface area contributed by atoms with Crippen LogP contribution in [0.3, 0.4) is 0 Å². The molecule has 0 aliphatic heterocycles. The lowest BCUT2D eigenvalue weighted by Gasteiger charge is -2.15. The minimum Gasteiger partial charge on any atom is -0.497 e. The molecule has 2 N–H and O–H groups in total. The zero-order chi connectivity index (χ0) is 21.6. The highest BCUT2D eigenvalue weighted by Crippen LogP contribution is 2.35. The van der Waals surface area contributed by atoms with Crippen molar-refractivity contribution in [3.63, 3.8) is 0 Å². The minimum absolute atomic E-state index is 0.0645. The lowest BCUT2D eigenvalue weighted by molar-refractivity contribution is -0.137. The summed E-state index contributed by atoms with van der Waals surface area (Å²) < 4.78 is 45.4. The molecule has 0 bridgehead atoms. The third kappa shape index (κ3) is 5.62. The maximum Gasteiger partial charge on any atom is 0.421 e. The molecular weight excluding hydrogens is 393 g/mol. The van der Waals surface area contributed by atoms with Gasteiger partial charge in [-0.05, 0) is 42.7 Å². The third-order valence-corrected chi connectivity index (χ3v) is 4.46. The van der Waals surface area contributed by atoms with Crippen molar-refractivity contribution in [2.24, 2.45) is 0 Å². The molecule has 0 spiro atoms. The average Bonchev–Trinajstić information content (AvgIpc) is 2.73. The van der Waals surface area contributed by atoms with Crippen LogP contribution in [0.25, 0.3) is 0 Å². The molecule has 0 unspecified atom stereocenters. The van der Waals surface area contributed by atoms with Crippen molar-refractivity contribution in [1.82, 2.24) is 9.97 Å². The summed E-state index contributed by atoms with van der Waals surface area (Å²) in [6, 6.07) is 14.3. The first-order valence-corrected chi connectivity index (χ1v) is 9.60. The molecule has 0 atom stereocenters. The monoisotopic (exact) mass is 416 g/mol. The van der Waals surface area contributed by atoms with E-state index in [-0.39, 0.29) is 11.8 Å². The zero-order valence-electron chi connectivity index (χ0n) is 16.8. The molecule has 0 aliphatic carbocycles. The van der Waals surface area contributed by atoms with Gasteiger partial charge in [-0.1, -0.05) is 31.5 Å². The molecule has 0 saturated carbocycles. The van der Waals surface area contributed by atoms with Crippen LogP contribution < -0.4 is 15.4 Å². The Kier molecular flexibility index (Phi) is 6.76. The number of hydrogen-bond acceptors (Lipinski definition) is 5. The van der Waals surface area contributed by atoms with Crippen molar-refractivity contribution in [3.05, 3.63) is 65.9 Å². The number of aryl methyl sites for hydroxylation is 1. The fourth-order valence-corrected chi connectivity index (χ4v) is 2.85. The summed E-state index contributed by atoms with van der Waals surface area (Å²) in [6.07, 6.45) is -0.618. The van der Waals surface area contributed by atoms with Crippen molar-refractivity contribution < 1.29 is 17.9 Å². The first kappa shape index (κ1) is 21.4. The highest BCUT2D eigenvalue weighted by atomic mass is 19.4. The summed E-state index contributed by atoms with van der Waals surface area (Å²) in [5, 5.41) is 5.68. The summed E-state index contributed by atoms with van der Waals surface area (Å²) in [6.45, 7) is 2.13. The highest BCUT2D eigenvalue weighted by molar-refractivity contribution is 5.64. The van der Waals surface area contributed by atoms with Crippen LogP contribution in [-0.4, -0.2) is 17.1 Å². The number of anilines is 4. The van der Waals surface area contributed by atoms with E-state index in [4.69, 9.17) is 4.74 Å². The number of ether oxygens (including phenoxy) is 1. The van der Waals surface area contributed by atoms with Crippen LogP contribution in [0.2, 0.25) is 0 Å². The van der Waals surface area contributed by atoms with Gasteiger partial charge in [0.25, 0.3) is 0 Å². The SMILES string of the molecule is CCCCc1ccc(Nc2ncc(C(F)(F)F)c(Nc3cccc(OC)c3)n2)cc1. The largest absolute Gasteiger partial charge is 0.497 e. The van der Waals surface area contributed by atoms with Crippen LogP contribution in [0.5, 0.6) is 5.75 Å². The van der Waals surface area contributed by atoms with Gasteiger partial charge in [-0.15, -0.1) is 0 Å². The fourth-order valence-electron chi connectivity index (χ4n) is 2.85. The minimum atomic E-state index is -4.60. The Morgan fingerprint density at radius 3 is 2.43 bits per heavy atom. The molecule has 5 nitrogen and oxygen atoms in total. The molecule has 0 aliphatic rings. The van der Waals surface area contributed by atoms with Gasteiger partial charge in [-0.2, -0.15) is 18.2 Å². The van der Waals surface area contributed by atoms with E-state index in [0.29, 0.717) is 17.1 Å². The van der Waals surface area contributed by atoms with E-state index in [9.17, 15) is 13.2 Å². The van der Waals surface area contributed by atoms with E-state index in [1.807, 2.05) is 24.3 Å². The van der Waals surface area contributed by atoms with E-state index in [1.54, 1.807) is 24.3 Å². The number of nitrogens with zero attached hydrogens (tertiary/aromatic N) is 2. The summed E-state index contributed by atoms with van der Waals surface area (Å²) in [5.41, 5.74) is 1.37. The van der Waals surface area contributed by atoms with Crippen molar-refractivity contribution >= 4 is 23.1 Å². The predicted molar refractivity (Wildman–Crippen MR) is 112 cm³/mol. The molecule has 8 heteroatoms. The lowest BCUT2D eigenvalue weighted by Crippen LogP contribution is -2.12. The second-order valence-corrected chi connectivity index (χ2v) is 6.74. The summed E-state index contributed by atoms with van der Waals surface area (Å²) in [5.74, 6) is 0.242. The number of rotatable bonds is 8. The normalized spacial score (nSPS) is 11.2. The van der Waals surface area contributed by atoms with Crippen LogP contribution >= 0.6 is 0 Å². The summed E-state index contributed by atoms with van der Waals surface area (Å²) in [7, 11) is 1.49. The number of alkyl halides is 3. The molecule has 1 heterocycles. The number of halogens is 3. The van der Waals surface area contributed by atoms with Crippen molar-refractivity contribution in [2.75, 3.05) is 17.7 Å². The Morgan fingerprint density at radius 1 is 1.00 bits per heavy atom. The molecule has 0 saturated heterocycles. The number of aromatic nitrogens is 2. The molecule has 0 radical (unpaired) electrons. The van der Waals surface area contributed by atoms with E-state index < -0.39 is 11.7 Å². The molecule has 2 aromatic carbocycles. The Morgan fingerprint density at radius 2 is 1.77 bits per heavy atom. The number of benzene rings is 2. The smallest absolute Gasteiger partial charge is 0.421 e. The van der Waals surface area contributed by atoms with Gasteiger partial charge in [0.15, 0.2) is 0 Å². The van der Waals surface area contributed by atoms with Gasteiger partial charge >= 0.3 is 6.18 Å². The molecule has 1 aromatic heterocycles. The van der Waals surface area contributed by atoms with Crippen LogP contribution in [0.1, 0.15) is 30.9 Å². The Bertz CT molecular complexity index is 975. The number of hydrogen-bond donors (Lipinski definition) is 2. The first-order chi connectivity index (χ1) is 14.4. The van der Waals surface area contributed by atoms with Crippen LogP contribution in [0.15, 0.2) is 54.7 Å². The Labute approximate surface area is 173 Å². The second kappa shape index (κ2) is 9.47. The number of unbranched alkanes of at least 4 members (excludes halogenated alkanes) is 1. The van der Waals surface area contributed by atoms with Gasteiger partial charge in [-0.3, -0.25) is 0 Å². The van der Waals surface area contributed by atoms with E-state index >= 15 is 0 Å². The van der Waals surface area contributed by atoms with Gasteiger partial charge in [0.1, 0.15) is 17.1 Å². The van der Waals surface area contributed by atoms with Gasteiger partial charge in [-0.25, -0.2) is 4.98 Å². The molecule has 158 valence electrons. The number of nitrogens with one attached hydrogen (secondary N) is 2. The maximum absolute atomic E-state index is 13.4. The quantitative estimate of drug-likeness (QED) is 0.449. The van der Waals surface area contributed by atoms with Gasteiger partial charge < -0.3 is 15.4 Å². The zero-order valence-corrected chi connectivity index (χ0v) is 16.8. The maximum atomic E-state index is 13.4. The predicted octanol–water partition coefficient (Wildman–Crippen LogP) is 6.33. The first-order valence-electron chi connectivity index (χ1n) is 9.60. The van der Waals surface area contributed by atoms with Crippen molar-refractivity contribution in [1.29, 1.82) is 0 Å². The number of methoxy groups -OCH3 is 1.